The van der Waals surface area contributed by atoms with Gasteiger partial charge in [0, 0.05) is 0 Å². The largest absolute Gasteiger partial charge is 0.453 e. The van der Waals surface area contributed by atoms with Gasteiger partial charge in [-0.3, -0.25) is 5.32 Å². The van der Waals surface area contributed by atoms with Crippen LogP contribution in [0.1, 0.15) is 44.6 Å². The molecule has 1 aromatic rings. The molecule has 1 fully saturated rings. The van der Waals surface area contributed by atoms with Crippen molar-refractivity contribution in [2.24, 2.45) is 0 Å². The summed E-state index contributed by atoms with van der Waals surface area (Å²) in [6.07, 6.45) is 5.77. The molecular weight excluding hydrogens is 262 g/mol. The van der Waals surface area contributed by atoms with Crippen LogP contribution in [0.25, 0.3) is 0 Å². The standard InChI is InChI=1S/C15H20ClNO2/c1-15(8-4-3-5-9-15)11-6-7-13(12(16)10-11)17-14(18)19-2/h6-7,10H,3-5,8-9H2,1-2H3,(H,17,18). The van der Waals surface area contributed by atoms with Crippen molar-refractivity contribution in [2.45, 2.75) is 44.4 Å². The van der Waals surface area contributed by atoms with E-state index >= 15 is 0 Å². The normalized spacial score (nSPS) is 17.8. The van der Waals surface area contributed by atoms with Gasteiger partial charge in [-0.25, -0.2) is 4.79 Å². The van der Waals surface area contributed by atoms with Crippen molar-refractivity contribution in [2.75, 3.05) is 12.4 Å². The average molecular weight is 282 g/mol. The van der Waals surface area contributed by atoms with Crippen LogP contribution >= 0.6 is 11.6 Å². The SMILES string of the molecule is COC(=O)Nc1ccc(C2(C)CCCCC2)cc1Cl. The van der Waals surface area contributed by atoms with Crippen LogP contribution in [-0.4, -0.2) is 13.2 Å². The molecule has 1 aliphatic carbocycles. The Morgan fingerprint density at radius 2 is 2.00 bits per heavy atom. The van der Waals surface area contributed by atoms with Crippen LogP contribution in [0.3, 0.4) is 0 Å². The Bertz CT molecular complexity index is 467. The molecule has 0 heterocycles. The monoisotopic (exact) mass is 281 g/mol. The minimum atomic E-state index is -0.501. The number of amides is 1. The molecule has 1 saturated carbocycles. The van der Waals surface area contributed by atoms with E-state index in [0.29, 0.717) is 10.7 Å². The van der Waals surface area contributed by atoms with Crippen molar-refractivity contribution in [1.29, 1.82) is 0 Å². The van der Waals surface area contributed by atoms with E-state index < -0.39 is 6.09 Å². The molecule has 104 valence electrons. The van der Waals surface area contributed by atoms with Crippen molar-refractivity contribution in [3.8, 4) is 0 Å². The Hall–Kier alpha value is -1.22. The predicted octanol–water partition coefficient (Wildman–Crippen LogP) is 4.74. The Morgan fingerprint density at radius 3 is 2.58 bits per heavy atom. The van der Waals surface area contributed by atoms with Crippen LogP contribution in [0.4, 0.5) is 10.5 Å². The lowest BCUT2D eigenvalue weighted by atomic mass is 9.71. The first kappa shape index (κ1) is 14.2. The summed E-state index contributed by atoms with van der Waals surface area (Å²) in [5.41, 5.74) is 2.07. The van der Waals surface area contributed by atoms with Crippen LogP contribution in [0.15, 0.2) is 18.2 Å². The van der Waals surface area contributed by atoms with Gasteiger partial charge in [-0.15, -0.1) is 0 Å². The van der Waals surface area contributed by atoms with Gasteiger partial charge < -0.3 is 4.74 Å². The highest BCUT2D eigenvalue weighted by molar-refractivity contribution is 6.33. The average Bonchev–Trinajstić information content (AvgIpc) is 2.41. The minimum absolute atomic E-state index is 0.214. The fourth-order valence-electron chi connectivity index (χ4n) is 2.77. The van der Waals surface area contributed by atoms with E-state index in [9.17, 15) is 4.79 Å². The zero-order chi connectivity index (χ0) is 13.9. The number of hydrogen-bond acceptors (Lipinski definition) is 2. The molecule has 1 amide bonds. The van der Waals surface area contributed by atoms with Crippen molar-refractivity contribution in [3.63, 3.8) is 0 Å². The summed E-state index contributed by atoms with van der Waals surface area (Å²) in [5, 5.41) is 3.17. The summed E-state index contributed by atoms with van der Waals surface area (Å²) in [6.45, 7) is 2.30. The van der Waals surface area contributed by atoms with E-state index in [4.69, 9.17) is 11.6 Å². The quantitative estimate of drug-likeness (QED) is 0.850. The van der Waals surface area contributed by atoms with E-state index in [2.05, 4.69) is 23.0 Å². The molecule has 0 atom stereocenters. The van der Waals surface area contributed by atoms with Crippen LogP contribution < -0.4 is 5.32 Å². The summed E-state index contributed by atoms with van der Waals surface area (Å²) < 4.78 is 4.57. The third kappa shape index (κ3) is 3.21. The number of anilines is 1. The number of carbonyl (C=O) groups is 1. The molecule has 0 aliphatic heterocycles. The van der Waals surface area contributed by atoms with Gasteiger partial charge >= 0.3 is 6.09 Å². The number of methoxy groups -OCH3 is 1. The van der Waals surface area contributed by atoms with Gasteiger partial charge in [-0.2, -0.15) is 0 Å². The topological polar surface area (TPSA) is 38.3 Å². The smallest absolute Gasteiger partial charge is 0.411 e. The summed E-state index contributed by atoms with van der Waals surface area (Å²) >= 11 is 6.24. The lowest BCUT2D eigenvalue weighted by Gasteiger charge is -2.34. The Kier molecular flexibility index (Phi) is 4.35. The lowest BCUT2D eigenvalue weighted by Crippen LogP contribution is -2.25. The number of benzene rings is 1. The third-order valence-corrected chi connectivity index (χ3v) is 4.36. The fourth-order valence-corrected chi connectivity index (χ4v) is 3.00. The van der Waals surface area contributed by atoms with Gasteiger partial charge in [-0.05, 0) is 36.0 Å². The third-order valence-electron chi connectivity index (χ3n) is 4.05. The maximum atomic E-state index is 11.2. The highest BCUT2D eigenvalue weighted by Gasteiger charge is 2.29. The number of nitrogens with one attached hydrogen (secondary N) is 1. The van der Waals surface area contributed by atoms with Crippen LogP contribution in [-0.2, 0) is 10.2 Å². The number of hydrogen-bond donors (Lipinski definition) is 1. The Morgan fingerprint density at radius 1 is 1.32 bits per heavy atom. The van der Waals surface area contributed by atoms with Gasteiger partial charge in [0.1, 0.15) is 0 Å². The van der Waals surface area contributed by atoms with Crippen molar-refractivity contribution >= 4 is 23.4 Å². The van der Waals surface area contributed by atoms with E-state index in [-0.39, 0.29) is 5.41 Å². The molecule has 1 N–H and O–H groups in total. The maximum absolute atomic E-state index is 11.2. The zero-order valence-electron chi connectivity index (χ0n) is 11.5. The molecule has 0 unspecified atom stereocenters. The molecule has 4 heteroatoms. The van der Waals surface area contributed by atoms with E-state index in [1.807, 2.05) is 12.1 Å². The predicted molar refractivity (Wildman–Crippen MR) is 77.9 cm³/mol. The zero-order valence-corrected chi connectivity index (χ0v) is 12.2. The molecule has 1 aromatic carbocycles. The highest BCUT2D eigenvalue weighted by atomic mass is 35.5. The second kappa shape index (κ2) is 5.83. The van der Waals surface area contributed by atoms with Gasteiger partial charge in [0.15, 0.2) is 0 Å². The first-order valence-corrected chi connectivity index (χ1v) is 7.08. The molecule has 2 rings (SSSR count). The van der Waals surface area contributed by atoms with Crippen molar-refractivity contribution in [3.05, 3.63) is 28.8 Å². The van der Waals surface area contributed by atoms with Gasteiger partial charge in [0.25, 0.3) is 0 Å². The van der Waals surface area contributed by atoms with E-state index in [0.717, 1.165) is 0 Å². The molecule has 1 aliphatic rings. The fraction of sp³-hybridized carbons (Fsp3) is 0.533. The number of ether oxygens (including phenoxy) is 1. The summed E-state index contributed by atoms with van der Waals surface area (Å²) in [7, 11) is 1.33. The number of rotatable bonds is 2. The van der Waals surface area contributed by atoms with E-state index in [1.165, 1.54) is 44.8 Å². The maximum Gasteiger partial charge on any atom is 0.411 e. The van der Waals surface area contributed by atoms with Crippen LogP contribution in [0, 0.1) is 0 Å². The summed E-state index contributed by atoms with van der Waals surface area (Å²) in [6, 6.07) is 5.88. The lowest BCUT2D eigenvalue weighted by molar-refractivity contribution is 0.187. The molecule has 0 bridgehead atoms. The molecule has 0 spiro atoms. The van der Waals surface area contributed by atoms with Gasteiger partial charge in [0.05, 0.1) is 17.8 Å². The first-order valence-electron chi connectivity index (χ1n) is 6.70. The van der Waals surface area contributed by atoms with Gasteiger partial charge in [0.2, 0.25) is 0 Å². The second-order valence-electron chi connectivity index (χ2n) is 5.43. The second-order valence-corrected chi connectivity index (χ2v) is 5.84. The molecule has 0 saturated heterocycles. The highest BCUT2D eigenvalue weighted by Crippen LogP contribution is 2.40. The number of carbonyl (C=O) groups excluding carboxylic acids is 1. The first-order chi connectivity index (χ1) is 9.05. The Labute approximate surface area is 119 Å². The Balaban J connectivity index is 2.20. The molecule has 19 heavy (non-hydrogen) atoms. The summed E-state index contributed by atoms with van der Waals surface area (Å²) in [4.78, 5) is 11.2. The van der Waals surface area contributed by atoms with Crippen molar-refractivity contribution < 1.29 is 9.53 Å². The molecule has 0 aromatic heterocycles. The number of halogens is 1. The summed E-state index contributed by atoms with van der Waals surface area (Å²) in [5.74, 6) is 0. The molecular formula is C15H20ClNO2. The van der Waals surface area contributed by atoms with Crippen LogP contribution in [0.5, 0.6) is 0 Å². The van der Waals surface area contributed by atoms with Crippen molar-refractivity contribution in [1.82, 2.24) is 0 Å². The minimum Gasteiger partial charge on any atom is -0.453 e. The molecule has 3 nitrogen and oxygen atoms in total. The van der Waals surface area contributed by atoms with Crippen LogP contribution in [0.2, 0.25) is 5.02 Å². The van der Waals surface area contributed by atoms with Gasteiger partial charge in [-0.1, -0.05) is 43.9 Å². The molecule has 0 radical (unpaired) electrons. The van der Waals surface area contributed by atoms with E-state index in [1.54, 1.807) is 0 Å².